The number of sulfonamides is 1. The monoisotopic (exact) mass is 333 g/mol. The van der Waals surface area contributed by atoms with Gasteiger partial charge in [-0.05, 0) is 12.1 Å². The summed E-state index contributed by atoms with van der Waals surface area (Å²) in [7, 11) is -3.80. The second kappa shape index (κ2) is 5.65. The maximum Gasteiger partial charge on any atom is 0.242 e. The van der Waals surface area contributed by atoms with E-state index in [1.807, 2.05) is 0 Å². The number of amides is 1. The van der Waals surface area contributed by atoms with E-state index in [9.17, 15) is 13.2 Å². The van der Waals surface area contributed by atoms with Crippen LogP contribution in [0.1, 0.15) is 12.0 Å². The number of hydrogen-bond acceptors (Lipinski definition) is 4. The molecule has 0 saturated carbocycles. The molecule has 0 aromatic heterocycles. The zero-order valence-electron chi connectivity index (χ0n) is 10.2. The highest BCUT2D eigenvalue weighted by Gasteiger charge is 2.28. The highest BCUT2D eigenvalue weighted by atomic mass is 35.5. The fourth-order valence-electron chi connectivity index (χ4n) is 1.84. The van der Waals surface area contributed by atoms with Crippen molar-refractivity contribution in [2.24, 2.45) is 5.73 Å². The maximum atomic E-state index is 12.2. The van der Waals surface area contributed by atoms with Crippen molar-refractivity contribution in [3.8, 4) is 0 Å². The highest BCUT2D eigenvalue weighted by molar-refractivity contribution is 7.89. The van der Waals surface area contributed by atoms with E-state index >= 15 is 0 Å². The van der Waals surface area contributed by atoms with Crippen molar-refractivity contribution < 1.29 is 13.2 Å². The summed E-state index contributed by atoms with van der Waals surface area (Å²) >= 11 is 10.8. The summed E-state index contributed by atoms with van der Waals surface area (Å²) in [6, 6.07) is 3.75. The van der Waals surface area contributed by atoms with Crippen LogP contribution in [-0.4, -0.2) is 31.9 Å². The van der Waals surface area contributed by atoms with Gasteiger partial charge in [0, 0.05) is 24.6 Å². The summed E-state index contributed by atoms with van der Waals surface area (Å²) in [5.74, 6) is -0.187. The third kappa shape index (κ3) is 3.26. The predicted octanol–water partition coefficient (Wildman–Crippen LogP) is 0.141. The molecule has 1 aliphatic heterocycles. The molecule has 1 aliphatic rings. The number of carbonyl (C=O) groups excluding carboxylic acids is 1. The SMILES string of the molecule is NC(=S)c1ccc(S(=O)(=O)NC2CNC(=O)C2)c(Cl)c1. The minimum Gasteiger partial charge on any atom is -0.389 e. The van der Waals surface area contributed by atoms with E-state index in [1.54, 1.807) is 0 Å². The van der Waals surface area contributed by atoms with Crippen molar-refractivity contribution in [3.05, 3.63) is 28.8 Å². The summed E-state index contributed by atoms with van der Waals surface area (Å²) < 4.78 is 26.8. The number of rotatable bonds is 4. The lowest BCUT2D eigenvalue weighted by molar-refractivity contribution is -0.119. The molecule has 0 bridgehead atoms. The van der Waals surface area contributed by atoms with E-state index in [4.69, 9.17) is 29.6 Å². The number of benzene rings is 1. The van der Waals surface area contributed by atoms with E-state index in [0.29, 0.717) is 5.56 Å². The lowest BCUT2D eigenvalue weighted by Gasteiger charge is -2.13. The lowest BCUT2D eigenvalue weighted by Crippen LogP contribution is -2.36. The largest absolute Gasteiger partial charge is 0.389 e. The summed E-state index contributed by atoms with van der Waals surface area (Å²) in [4.78, 5) is 11.1. The first-order valence-electron chi connectivity index (χ1n) is 5.68. The van der Waals surface area contributed by atoms with Gasteiger partial charge in [0.1, 0.15) is 9.88 Å². The van der Waals surface area contributed by atoms with Crippen LogP contribution < -0.4 is 15.8 Å². The average molecular weight is 334 g/mol. The number of nitrogens with one attached hydrogen (secondary N) is 2. The van der Waals surface area contributed by atoms with Gasteiger partial charge >= 0.3 is 0 Å². The summed E-state index contributed by atoms with van der Waals surface area (Å²) in [5, 5.41) is 2.58. The molecule has 108 valence electrons. The first kappa shape index (κ1) is 15.2. The molecule has 1 amide bonds. The molecule has 6 nitrogen and oxygen atoms in total. The molecule has 1 unspecified atom stereocenters. The van der Waals surface area contributed by atoms with Crippen LogP contribution in [0.5, 0.6) is 0 Å². The number of halogens is 1. The normalized spacial score (nSPS) is 18.9. The summed E-state index contributed by atoms with van der Waals surface area (Å²) in [6.45, 7) is 0.265. The van der Waals surface area contributed by atoms with Crippen molar-refractivity contribution in [1.82, 2.24) is 10.0 Å². The first-order chi connectivity index (χ1) is 9.29. The van der Waals surface area contributed by atoms with Gasteiger partial charge in [0.05, 0.1) is 5.02 Å². The molecule has 0 spiro atoms. The third-order valence-electron chi connectivity index (χ3n) is 2.81. The Hall–Kier alpha value is -1.22. The smallest absolute Gasteiger partial charge is 0.242 e. The minimum atomic E-state index is -3.80. The Labute approximate surface area is 126 Å². The van der Waals surface area contributed by atoms with Crippen molar-refractivity contribution in [2.75, 3.05) is 6.54 Å². The highest BCUT2D eigenvalue weighted by Crippen LogP contribution is 2.23. The number of carbonyl (C=O) groups is 1. The zero-order chi connectivity index (χ0) is 14.9. The summed E-state index contributed by atoms with van der Waals surface area (Å²) in [5.41, 5.74) is 5.94. The zero-order valence-corrected chi connectivity index (χ0v) is 12.6. The Morgan fingerprint density at radius 2 is 2.20 bits per heavy atom. The molecule has 1 heterocycles. The molecule has 1 fully saturated rings. The van der Waals surface area contributed by atoms with E-state index in [0.717, 1.165) is 0 Å². The van der Waals surface area contributed by atoms with Gasteiger partial charge in [0.25, 0.3) is 0 Å². The van der Waals surface area contributed by atoms with Crippen LogP contribution in [0.4, 0.5) is 0 Å². The molecule has 1 saturated heterocycles. The van der Waals surface area contributed by atoms with E-state index < -0.39 is 16.1 Å². The lowest BCUT2D eigenvalue weighted by atomic mass is 10.2. The molecule has 0 radical (unpaired) electrons. The Kier molecular flexibility index (Phi) is 4.28. The number of thiocarbonyl (C=S) groups is 1. The summed E-state index contributed by atoms with van der Waals surface area (Å²) in [6.07, 6.45) is 0.113. The van der Waals surface area contributed by atoms with Gasteiger partial charge in [-0.2, -0.15) is 0 Å². The second-order valence-electron chi connectivity index (χ2n) is 4.34. The van der Waals surface area contributed by atoms with Crippen LogP contribution in [0.2, 0.25) is 5.02 Å². The van der Waals surface area contributed by atoms with Crippen molar-refractivity contribution in [2.45, 2.75) is 17.4 Å². The molecule has 20 heavy (non-hydrogen) atoms. The van der Waals surface area contributed by atoms with Gasteiger partial charge in [-0.1, -0.05) is 29.9 Å². The fourth-order valence-corrected chi connectivity index (χ4v) is 3.75. The van der Waals surface area contributed by atoms with Crippen LogP contribution in [0.25, 0.3) is 0 Å². The second-order valence-corrected chi connectivity index (χ2v) is 6.87. The molecule has 0 aliphatic carbocycles. The molecular formula is C11H12ClN3O3S2. The Morgan fingerprint density at radius 1 is 1.50 bits per heavy atom. The molecule has 9 heteroatoms. The molecule has 1 aromatic carbocycles. The van der Waals surface area contributed by atoms with E-state index in [1.165, 1.54) is 18.2 Å². The van der Waals surface area contributed by atoms with Crippen LogP contribution in [-0.2, 0) is 14.8 Å². The van der Waals surface area contributed by atoms with E-state index in [-0.39, 0.29) is 33.8 Å². The van der Waals surface area contributed by atoms with Crippen molar-refractivity contribution >= 4 is 44.7 Å². The number of hydrogen-bond donors (Lipinski definition) is 3. The minimum absolute atomic E-state index is 0.0279. The van der Waals surface area contributed by atoms with Gasteiger partial charge in [0.15, 0.2) is 0 Å². The Bertz CT molecular complexity index is 675. The van der Waals surface area contributed by atoms with Gasteiger partial charge in [-0.3, -0.25) is 4.79 Å². The topological polar surface area (TPSA) is 101 Å². The van der Waals surface area contributed by atoms with Crippen LogP contribution in [0.15, 0.2) is 23.1 Å². The van der Waals surface area contributed by atoms with Crippen LogP contribution >= 0.6 is 23.8 Å². The fraction of sp³-hybridized carbons (Fsp3) is 0.273. The van der Waals surface area contributed by atoms with Crippen LogP contribution in [0, 0.1) is 0 Å². The van der Waals surface area contributed by atoms with Gasteiger partial charge < -0.3 is 11.1 Å². The standard InChI is InChI=1S/C11H12ClN3O3S2/c12-8-3-6(11(13)19)1-2-9(8)20(17,18)15-7-4-10(16)14-5-7/h1-3,7,15H,4-5H2,(H2,13,19)(H,14,16). The average Bonchev–Trinajstić information content (AvgIpc) is 2.73. The van der Waals surface area contributed by atoms with Crippen LogP contribution in [0.3, 0.4) is 0 Å². The van der Waals surface area contributed by atoms with E-state index in [2.05, 4.69) is 10.0 Å². The molecule has 4 N–H and O–H groups in total. The molecule has 2 rings (SSSR count). The molecule has 1 aromatic rings. The van der Waals surface area contributed by atoms with Crippen molar-refractivity contribution in [3.63, 3.8) is 0 Å². The third-order valence-corrected chi connectivity index (χ3v) is 5.04. The van der Waals surface area contributed by atoms with Gasteiger partial charge in [-0.25, -0.2) is 13.1 Å². The maximum absolute atomic E-state index is 12.2. The Morgan fingerprint density at radius 3 is 2.70 bits per heavy atom. The quantitative estimate of drug-likeness (QED) is 0.680. The van der Waals surface area contributed by atoms with Gasteiger partial charge in [-0.15, -0.1) is 0 Å². The van der Waals surface area contributed by atoms with Gasteiger partial charge in [0.2, 0.25) is 15.9 Å². The first-order valence-corrected chi connectivity index (χ1v) is 7.95. The predicted molar refractivity (Wildman–Crippen MR) is 79.1 cm³/mol. The number of nitrogens with two attached hydrogens (primary N) is 1. The Balaban J connectivity index is 2.25. The van der Waals surface area contributed by atoms with Crippen molar-refractivity contribution in [1.29, 1.82) is 0 Å². The molecule has 1 atom stereocenters. The molecular weight excluding hydrogens is 322 g/mol.